The van der Waals surface area contributed by atoms with E-state index in [-0.39, 0.29) is 0 Å². The summed E-state index contributed by atoms with van der Waals surface area (Å²) >= 11 is 3.50. The SMILES string of the molecule is Brc1cccc2c1OCC21CC1. The first kappa shape index (κ1) is 6.96. The zero-order valence-corrected chi connectivity index (χ0v) is 8.23. The molecule has 62 valence electrons. The molecular weight excluding hydrogens is 216 g/mol. The lowest BCUT2D eigenvalue weighted by Crippen LogP contribution is -2.06. The van der Waals surface area contributed by atoms with Gasteiger partial charge in [-0.15, -0.1) is 0 Å². The van der Waals surface area contributed by atoms with Crippen molar-refractivity contribution in [2.24, 2.45) is 0 Å². The molecule has 0 unspecified atom stereocenters. The van der Waals surface area contributed by atoms with Crippen molar-refractivity contribution in [1.82, 2.24) is 0 Å². The molecule has 0 atom stereocenters. The molecule has 1 saturated carbocycles. The molecule has 2 aliphatic rings. The molecule has 0 bridgehead atoms. The average molecular weight is 225 g/mol. The van der Waals surface area contributed by atoms with E-state index in [2.05, 4.69) is 28.1 Å². The van der Waals surface area contributed by atoms with Gasteiger partial charge in [0.2, 0.25) is 0 Å². The van der Waals surface area contributed by atoms with Gasteiger partial charge in [0.1, 0.15) is 5.75 Å². The maximum atomic E-state index is 5.66. The Kier molecular flexibility index (Phi) is 1.19. The number of benzene rings is 1. The fourth-order valence-electron chi connectivity index (χ4n) is 1.93. The Hall–Kier alpha value is -0.500. The first-order valence-electron chi connectivity index (χ1n) is 4.24. The summed E-state index contributed by atoms with van der Waals surface area (Å²) in [5.41, 5.74) is 1.83. The Balaban J connectivity index is 2.23. The van der Waals surface area contributed by atoms with Crippen LogP contribution in [0.3, 0.4) is 0 Å². The molecule has 1 fully saturated rings. The van der Waals surface area contributed by atoms with Crippen molar-refractivity contribution in [1.29, 1.82) is 0 Å². The lowest BCUT2D eigenvalue weighted by molar-refractivity contribution is 0.322. The van der Waals surface area contributed by atoms with Crippen LogP contribution in [0.15, 0.2) is 22.7 Å². The number of para-hydroxylation sites is 1. The van der Waals surface area contributed by atoms with Gasteiger partial charge in [0.25, 0.3) is 0 Å². The largest absolute Gasteiger partial charge is 0.491 e. The fraction of sp³-hybridized carbons (Fsp3) is 0.400. The van der Waals surface area contributed by atoms with Crippen LogP contribution >= 0.6 is 15.9 Å². The Morgan fingerprint density at radius 1 is 1.33 bits per heavy atom. The predicted molar refractivity (Wildman–Crippen MR) is 50.5 cm³/mol. The molecule has 1 nitrogen and oxygen atoms in total. The number of rotatable bonds is 0. The van der Waals surface area contributed by atoms with Crippen LogP contribution in [0.5, 0.6) is 5.75 Å². The lowest BCUT2D eigenvalue weighted by atomic mass is 9.99. The zero-order valence-electron chi connectivity index (χ0n) is 6.64. The van der Waals surface area contributed by atoms with E-state index in [0.717, 1.165) is 16.8 Å². The van der Waals surface area contributed by atoms with Crippen LogP contribution in [0.2, 0.25) is 0 Å². The summed E-state index contributed by atoms with van der Waals surface area (Å²) in [7, 11) is 0. The zero-order chi connectivity index (χ0) is 8.18. The van der Waals surface area contributed by atoms with Gasteiger partial charge in [0.05, 0.1) is 11.1 Å². The van der Waals surface area contributed by atoms with E-state index < -0.39 is 0 Å². The van der Waals surface area contributed by atoms with Crippen molar-refractivity contribution < 1.29 is 4.74 Å². The second-order valence-corrected chi connectivity index (χ2v) is 4.54. The second-order valence-electron chi connectivity index (χ2n) is 3.69. The molecule has 1 aliphatic carbocycles. The molecule has 1 aromatic rings. The van der Waals surface area contributed by atoms with Crippen molar-refractivity contribution in [3.05, 3.63) is 28.2 Å². The van der Waals surface area contributed by atoms with E-state index in [0.29, 0.717) is 5.41 Å². The minimum absolute atomic E-state index is 0.416. The number of fused-ring (bicyclic) bond motifs is 2. The van der Waals surface area contributed by atoms with Gasteiger partial charge < -0.3 is 4.74 Å². The lowest BCUT2D eigenvalue weighted by Gasteiger charge is -2.02. The minimum atomic E-state index is 0.416. The normalized spacial score (nSPS) is 22.1. The van der Waals surface area contributed by atoms with E-state index >= 15 is 0 Å². The van der Waals surface area contributed by atoms with E-state index in [1.54, 1.807) is 0 Å². The van der Waals surface area contributed by atoms with Crippen molar-refractivity contribution in [2.45, 2.75) is 18.3 Å². The van der Waals surface area contributed by atoms with Gasteiger partial charge in [0, 0.05) is 11.0 Å². The Labute approximate surface area is 79.9 Å². The molecule has 0 radical (unpaired) electrons. The maximum absolute atomic E-state index is 5.66. The first-order chi connectivity index (χ1) is 5.82. The van der Waals surface area contributed by atoms with Gasteiger partial charge in [-0.05, 0) is 34.8 Å². The van der Waals surface area contributed by atoms with Crippen LogP contribution in [0, 0.1) is 0 Å². The van der Waals surface area contributed by atoms with Crippen LogP contribution in [0.4, 0.5) is 0 Å². The fourth-order valence-corrected chi connectivity index (χ4v) is 2.41. The van der Waals surface area contributed by atoms with Gasteiger partial charge in [-0.25, -0.2) is 0 Å². The van der Waals surface area contributed by atoms with Gasteiger partial charge in [-0.1, -0.05) is 12.1 Å². The predicted octanol–water partition coefficient (Wildman–Crippen LogP) is 2.87. The standard InChI is InChI=1S/C10H9BrO/c11-8-3-1-2-7-9(8)12-6-10(7)4-5-10/h1-3H,4-6H2. The highest BCUT2D eigenvalue weighted by Crippen LogP contribution is 2.56. The Bertz CT molecular complexity index is 342. The summed E-state index contributed by atoms with van der Waals surface area (Å²) in [6.45, 7) is 0.894. The van der Waals surface area contributed by atoms with Crippen LogP contribution in [-0.2, 0) is 5.41 Å². The quantitative estimate of drug-likeness (QED) is 0.659. The van der Waals surface area contributed by atoms with Gasteiger partial charge >= 0.3 is 0 Å². The van der Waals surface area contributed by atoms with Crippen molar-refractivity contribution in [3.63, 3.8) is 0 Å². The molecule has 1 aliphatic heterocycles. The van der Waals surface area contributed by atoms with E-state index in [9.17, 15) is 0 Å². The molecule has 12 heavy (non-hydrogen) atoms. The minimum Gasteiger partial charge on any atom is -0.491 e. The molecule has 0 N–H and O–H groups in total. The molecule has 0 aromatic heterocycles. The molecule has 2 heteroatoms. The number of ether oxygens (including phenoxy) is 1. The van der Waals surface area contributed by atoms with E-state index in [1.165, 1.54) is 18.4 Å². The highest BCUT2D eigenvalue weighted by atomic mass is 79.9. The molecule has 3 rings (SSSR count). The smallest absolute Gasteiger partial charge is 0.137 e. The van der Waals surface area contributed by atoms with Gasteiger partial charge in [-0.3, -0.25) is 0 Å². The van der Waals surface area contributed by atoms with Crippen LogP contribution in [0.1, 0.15) is 18.4 Å². The van der Waals surface area contributed by atoms with Gasteiger partial charge in [0.15, 0.2) is 0 Å². The number of halogens is 1. The van der Waals surface area contributed by atoms with Crippen LogP contribution < -0.4 is 4.74 Å². The summed E-state index contributed by atoms with van der Waals surface area (Å²) < 4.78 is 6.76. The third-order valence-electron chi connectivity index (χ3n) is 2.88. The summed E-state index contributed by atoms with van der Waals surface area (Å²) in [6, 6.07) is 6.33. The number of hydrogen-bond acceptors (Lipinski definition) is 1. The number of hydrogen-bond donors (Lipinski definition) is 0. The molecule has 0 amide bonds. The highest BCUT2D eigenvalue weighted by Gasteiger charge is 2.50. The average Bonchev–Trinajstić information content (AvgIpc) is 2.73. The molecule has 1 spiro atoms. The van der Waals surface area contributed by atoms with Crippen molar-refractivity contribution >= 4 is 15.9 Å². The summed E-state index contributed by atoms with van der Waals surface area (Å²) in [4.78, 5) is 0. The summed E-state index contributed by atoms with van der Waals surface area (Å²) in [5.74, 6) is 1.08. The first-order valence-corrected chi connectivity index (χ1v) is 5.03. The van der Waals surface area contributed by atoms with E-state index in [1.807, 2.05) is 6.07 Å². The third kappa shape index (κ3) is 0.738. The highest BCUT2D eigenvalue weighted by molar-refractivity contribution is 9.10. The van der Waals surface area contributed by atoms with Crippen LogP contribution in [0.25, 0.3) is 0 Å². The van der Waals surface area contributed by atoms with Gasteiger partial charge in [-0.2, -0.15) is 0 Å². The molecule has 0 saturated heterocycles. The Morgan fingerprint density at radius 3 is 2.92 bits per heavy atom. The monoisotopic (exact) mass is 224 g/mol. The van der Waals surface area contributed by atoms with Crippen molar-refractivity contribution in [2.75, 3.05) is 6.61 Å². The Morgan fingerprint density at radius 2 is 2.17 bits per heavy atom. The van der Waals surface area contributed by atoms with Crippen LogP contribution in [-0.4, -0.2) is 6.61 Å². The van der Waals surface area contributed by atoms with Crippen molar-refractivity contribution in [3.8, 4) is 5.75 Å². The molecular formula is C10H9BrO. The van der Waals surface area contributed by atoms with E-state index in [4.69, 9.17) is 4.74 Å². The molecule has 1 aromatic carbocycles. The second kappa shape index (κ2) is 2.05. The third-order valence-corrected chi connectivity index (χ3v) is 3.51. The molecule has 1 heterocycles. The topological polar surface area (TPSA) is 9.23 Å². The summed E-state index contributed by atoms with van der Waals surface area (Å²) in [6.07, 6.45) is 2.60. The maximum Gasteiger partial charge on any atom is 0.137 e. The summed E-state index contributed by atoms with van der Waals surface area (Å²) in [5, 5.41) is 0.